The normalized spacial score (nSPS) is 12.3. The number of aliphatic carboxylic acids is 1. The summed E-state index contributed by atoms with van der Waals surface area (Å²) in [6, 6.07) is 0. The average Bonchev–Trinajstić information content (AvgIpc) is 2.79. The van der Waals surface area contributed by atoms with Gasteiger partial charge >= 0.3 is 5.97 Å². The van der Waals surface area contributed by atoms with Gasteiger partial charge in [-0.1, -0.05) is 155 Å². The van der Waals surface area contributed by atoms with Gasteiger partial charge in [-0.15, -0.1) is 0 Å². The van der Waals surface area contributed by atoms with Crippen LogP contribution in [0.15, 0.2) is 0 Å². The van der Waals surface area contributed by atoms with Crippen LogP contribution in [0, 0.1) is 0 Å². The Balaban J connectivity index is 3.13. The third-order valence-corrected chi connectivity index (χ3v) is 7.07. The van der Waals surface area contributed by atoms with Gasteiger partial charge < -0.3 is 10.2 Å². The van der Waals surface area contributed by atoms with Gasteiger partial charge in [0.1, 0.15) is 0 Å². The van der Waals surface area contributed by atoms with E-state index in [4.69, 9.17) is 5.11 Å². The second kappa shape index (κ2) is 27.7. The second-order valence-corrected chi connectivity index (χ2v) is 10.5. The number of hydrogen-bond donors (Lipinski definition) is 2. The van der Waals surface area contributed by atoms with Crippen LogP contribution >= 0.6 is 0 Å². The molecule has 1 unspecified atom stereocenters. The first-order valence-corrected chi connectivity index (χ1v) is 15.1. The quantitative estimate of drug-likeness (QED) is 0.112. The van der Waals surface area contributed by atoms with Crippen LogP contribution in [0.1, 0.15) is 180 Å². The van der Waals surface area contributed by atoms with Crippen LogP contribution in [0.2, 0.25) is 0 Å². The number of rotatable bonds is 28. The van der Waals surface area contributed by atoms with Gasteiger partial charge in [0.25, 0.3) is 0 Å². The summed E-state index contributed by atoms with van der Waals surface area (Å²) >= 11 is 0. The molecule has 0 aromatic heterocycles. The van der Waals surface area contributed by atoms with Crippen molar-refractivity contribution in [3.8, 4) is 0 Å². The first-order valence-electron chi connectivity index (χ1n) is 15.1. The molecule has 33 heavy (non-hydrogen) atoms. The van der Waals surface area contributed by atoms with Crippen molar-refractivity contribution in [3.05, 3.63) is 0 Å². The van der Waals surface area contributed by atoms with Gasteiger partial charge in [-0.25, -0.2) is 0 Å². The Hall–Kier alpha value is -0.570. The third kappa shape index (κ3) is 29.4. The maximum atomic E-state index is 10.4. The molecule has 0 radical (unpaired) electrons. The predicted molar refractivity (Wildman–Crippen MR) is 144 cm³/mol. The lowest BCUT2D eigenvalue weighted by Gasteiger charge is -2.10. The fraction of sp³-hybridized carbons (Fsp3) is 0.967. The SMILES string of the molecule is CCCCCCCCCCCC(O)CCCCCCCCCCCCCCCCCC(=O)O. The number of aliphatic hydroxyl groups excluding tert-OH is 1. The van der Waals surface area contributed by atoms with Gasteiger partial charge in [-0.05, 0) is 19.3 Å². The lowest BCUT2D eigenvalue weighted by molar-refractivity contribution is -0.137. The van der Waals surface area contributed by atoms with E-state index in [2.05, 4.69) is 6.92 Å². The molecule has 0 spiro atoms. The van der Waals surface area contributed by atoms with Crippen molar-refractivity contribution >= 4 is 5.97 Å². The van der Waals surface area contributed by atoms with Gasteiger partial charge in [0.05, 0.1) is 6.10 Å². The molecule has 0 saturated heterocycles. The zero-order valence-corrected chi connectivity index (χ0v) is 22.5. The topological polar surface area (TPSA) is 57.5 Å². The number of carboxylic acids is 1. The first-order chi connectivity index (χ1) is 16.2. The summed E-state index contributed by atoms with van der Waals surface area (Å²) in [7, 11) is 0. The van der Waals surface area contributed by atoms with Crippen molar-refractivity contribution in [3.63, 3.8) is 0 Å². The number of carboxylic acid groups (broad SMARTS) is 1. The minimum atomic E-state index is -0.659. The van der Waals surface area contributed by atoms with Crippen molar-refractivity contribution in [2.24, 2.45) is 0 Å². The van der Waals surface area contributed by atoms with Crippen LogP contribution in [0.25, 0.3) is 0 Å². The third-order valence-electron chi connectivity index (χ3n) is 7.07. The van der Waals surface area contributed by atoms with E-state index in [9.17, 15) is 9.90 Å². The highest BCUT2D eigenvalue weighted by Gasteiger charge is 2.04. The molecule has 3 heteroatoms. The maximum Gasteiger partial charge on any atom is 0.303 e. The summed E-state index contributed by atoms with van der Waals surface area (Å²) in [6.07, 6.45) is 33.7. The zero-order chi connectivity index (χ0) is 24.2. The summed E-state index contributed by atoms with van der Waals surface area (Å²) < 4.78 is 0. The van der Waals surface area contributed by atoms with E-state index in [1.807, 2.05) is 0 Å². The van der Waals surface area contributed by atoms with Crippen LogP contribution in [-0.2, 0) is 4.79 Å². The van der Waals surface area contributed by atoms with Gasteiger partial charge in [-0.3, -0.25) is 4.79 Å². The van der Waals surface area contributed by atoms with Gasteiger partial charge in [0.2, 0.25) is 0 Å². The van der Waals surface area contributed by atoms with E-state index in [1.54, 1.807) is 0 Å². The molecule has 0 aliphatic rings. The minimum absolute atomic E-state index is 0.0562. The standard InChI is InChI=1S/C30H60O3/c1-2-3-4-5-6-14-17-20-23-26-29(31)27-24-21-18-15-12-10-8-7-9-11-13-16-19-22-25-28-30(32)33/h29,31H,2-28H2,1H3,(H,32,33). The highest BCUT2D eigenvalue weighted by atomic mass is 16.4. The Kier molecular flexibility index (Phi) is 27.2. The summed E-state index contributed by atoms with van der Waals surface area (Å²) in [5.74, 6) is -0.659. The van der Waals surface area contributed by atoms with E-state index in [-0.39, 0.29) is 6.10 Å². The van der Waals surface area contributed by atoms with Crippen molar-refractivity contribution in [1.82, 2.24) is 0 Å². The van der Waals surface area contributed by atoms with Gasteiger partial charge in [0, 0.05) is 6.42 Å². The highest BCUT2D eigenvalue weighted by molar-refractivity contribution is 5.66. The van der Waals surface area contributed by atoms with Gasteiger partial charge in [0.15, 0.2) is 0 Å². The molecule has 0 amide bonds. The summed E-state index contributed by atoms with van der Waals surface area (Å²) in [5.41, 5.74) is 0. The largest absolute Gasteiger partial charge is 0.481 e. The van der Waals surface area contributed by atoms with Crippen LogP contribution in [0.5, 0.6) is 0 Å². The molecule has 198 valence electrons. The molecule has 0 heterocycles. The molecule has 0 aromatic carbocycles. The predicted octanol–water partition coefficient (Wildman–Crippen LogP) is 9.98. The molecule has 0 aliphatic carbocycles. The maximum absolute atomic E-state index is 10.4. The van der Waals surface area contributed by atoms with E-state index in [0.717, 1.165) is 25.7 Å². The Bertz CT molecular complexity index is 383. The molecular formula is C30H60O3. The number of aliphatic hydroxyl groups is 1. The van der Waals surface area contributed by atoms with Crippen LogP contribution in [0.4, 0.5) is 0 Å². The summed E-state index contributed by atoms with van der Waals surface area (Å²) in [6.45, 7) is 2.27. The molecule has 1 atom stereocenters. The lowest BCUT2D eigenvalue weighted by atomic mass is 10.0. The van der Waals surface area contributed by atoms with E-state index >= 15 is 0 Å². The first kappa shape index (κ1) is 32.4. The van der Waals surface area contributed by atoms with Crippen molar-refractivity contribution in [2.45, 2.75) is 186 Å². The van der Waals surface area contributed by atoms with Crippen LogP contribution in [0.3, 0.4) is 0 Å². The van der Waals surface area contributed by atoms with Crippen molar-refractivity contribution < 1.29 is 15.0 Å². The van der Waals surface area contributed by atoms with Crippen LogP contribution in [-0.4, -0.2) is 22.3 Å². The Morgan fingerprint density at radius 2 is 0.758 bits per heavy atom. The lowest BCUT2D eigenvalue weighted by Crippen LogP contribution is -2.05. The Labute approximate surface area is 207 Å². The van der Waals surface area contributed by atoms with Crippen LogP contribution < -0.4 is 0 Å². The summed E-state index contributed by atoms with van der Waals surface area (Å²) in [4.78, 5) is 10.4. The number of hydrogen-bond acceptors (Lipinski definition) is 2. The smallest absolute Gasteiger partial charge is 0.303 e. The highest BCUT2D eigenvalue weighted by Crippen LogP contribution is 2.16. The molecule has 0 bridgehead atoms. The molecule has 2 N–H and O–H groups in total. The molecule has 0 aliphatic heterocycles. The van der Waals surface area contributed by atoms with Crippen molar-refractivity contribution in [2.75, 3.05) is 0 Å². The fourth-order valence-corrected chi connectivity index (χ4v) is 4.79. The summed E-state index contributed by atoms with van der Waals surface area (Å²) in [5, 5.41) is 18.8. The van der Waals surface area contributed by atoms with Crippen molar-refractivity contribution in [1.29, 1.82) is 0 Å². The second-order valence-electron chi connectivity index (χ2n) is 10.5. The number of unbranched alkanes of at least 4 members (excludes halogenated alkanes) is 22. The Morgan fingerprint density at radius 1 is 0.485 bits per heavy atom. The fourth-order valence-electron chi connectivity index (χ4n) is 4.79. The molecule has 0 fully saturated rings. The molecule has 0 rings (SSSR count). The molecule has 3 nitrogen and oxygen atoms in total. The molecular weight excluding hydrogens is 408 g/mol. The minimum Gasteiger partial charge on any atom is -0.481 e. The zero-order valence-electron chi connectivity index (χ0n) is 22.5. The number of carbonyl (C=O) groups is 1. The van der Waals surface area contributed by atoms with E-state index < -0.39 is 5.97 Å². The van der Waals surface area contributed by atoms with E-state index in [0.29, 0.717) is 6.42 Å². The molecule has 0 aromatic rings. The monoisotopic (exact) mass is 468 g/mol. The molecule has 0 saturated carbocycles. The Morgan fingerprint density at radius 3 is 1.06 bits per heavy atom. The van der Waals surface area contributed by atoms with E-state index in [1.165, 1.54) is 141 Å². The van der Waals surface area contributed by atoms with Gasteiger partial charge in [-0.2, -0.15) is 0 Å². The average molecular weight is 469 g/mol.